The molecule has 8 heteroatoms. The number of aromatic amines is 1. The second-order valence-corrected chi connectivity index (χ2v) is 6.72. The number of hydrogen-bond acceptors (Lipinski definition) is 3. The van der Waals surface area contributed by atoms with Crippen molar-refractivity contribution < 1.29 is 12.8 Å². The first kappa shape index (κ1) is 15.9. The maximum Gasteiger partial charge on any atom is 0.243 e. The number of nitrogens with one attached hydrogen (secondary N) is 2. The first-order valence-electron chi connectivity index (χ1n) is 6.34. The molecular formula is C13H15ClFN3O2S. The summed E-state index contributed by atoms with van der Waals surface area (Å²) in [4.78, 5) is -0.436. The van der Waals surface area contributed by atoms with Crippen molar-refractivity contribution in [2.45, 2.75) is 24.7 Å². The van der Waals surface area contributed by atoms with Gasteiger partial charge < -0.3 is 0 Å². The molecule has 0 spiro atoms. The zero-order valence-corrected chi connectivity index (χ0v) is 12.9. The Labute approximate surface area is 127 Å². The predicted molar refractivity (Wildman–Crippen MR) is 78.2 cm³/mol. The van der Waals surface area contributed by atoms with Crippen LogP contribution in [-0.4, -0.2) is 25.2 Å². The number of aromatic nitrogens is 2. The molecule has 0 saturated carbocycles. The van der Waals surface area contributed by atoms with E-state index in [1.165, 1.54) is 18.2 Å². The van der Waals surface area contributed by atoms with Crippen molar-refractivity contribution in [1.82, 2.24) is 14.9 Å². The van der Waals surface area contributed by atoms with E-state index < -0.39 is 20.7 Å². The summed E-state index contributed by atoms with van der Waals surface area (Å²) in [6.07, 6.45) is 2.98. The number of H-pyrrole nitrogens is 1. The van der Waals surface area contributed by atoms with Gasteiger partial charge in [0.25, 0.3) is 0 Å². The summed E-state index contributed by atoms with van der Waals surface area (Å²) in [7, 11) is -3.90. The highest BCUT2D eigenvalue weighted by molar-refractivity contribution is 7.89. The van der Waals surface area contributed by atoms with Gasteiger partial charge in [0.2, 0.25) is 10.0 Å². The van der Waals surface area contributed by atoms with Crippen molar-refractivity contribution >= 4 is 21.6 Å². The lowest BCUT2D eigenvalue weighted by atomic mass is 10.1. The Morgan fingerprint density at radius 1 is 1.43 bits per heavy atom. The van der Waals surface area contributed by atoms with Gasteiger partial charge in [-0.3, -0.25) is 5.10 Å². The molecule has 1 heterocycles. The van der Waals surface area contributed by atoms with Gasteiger partial charge in [-0.25, -0.2) is 17.5 Å². The average molecular weight is 332 g/mol. The Bertz CT molecular complexity index is 731. The number of nitrogens with zero attached hydrogens (tertiary/aromatic N) is 1. The van der Waals surface area contributed by atoms with Crippen molar-refractivity contribution in [3.8, 4) is 0 Å². The van der Waals surface area contributed by atoms with Crippen LogP contribution in [0, 0.1) is 12.7 Å². The number of benzene rings is 1. The third-order valence-electron chi connectivity index (χ3n) is 3.05. The van der Waals surface area contributed by atoms with Crippen LogP contribution in [0.4, 0.5) is 4.39 Å². The van der Waals surface area contributed by atoms with Gasteiger partial charge >= 0.3 is 0 Å². The van der Waals surface area contributed by atoms with Crippen LogP contribution in [0.25, 0.3) is 0 Å². The predicted octanol–water partition coefficient (Wildman–Crippen LogP) is 2.42. The van der Waals surface area contributed by atoms with E-state index in [9.17, 15) is 12.8 Å². The van der Waals surface area contributed by atoms with Crippen LogP contribution in [0.15, 0.2) is 29.3 Å². The van der Waals surface area contributed by atoms with E-state index in [1.54, 1.807) is 6.20 Å². The number of halogens is 2. The van der Waals surface area contributed by atoms with Crippen molar-refractivity contribution in [3.05, 3.63) is 46.5 Å². The Hall–Kier alpha value is -1.44. The second kappa shape index (κ2) is 6.55. The van der Waals surface area contributed by atoms with E-state index in [2.05, 4.69) is 14.9 Å². The monoisotopic (exact) mass is 331 g/mol. The molecule has 2 N–H and O–H groups in total. The SMILES string of the molecule is Cc1[nH]ncc1CCCNS(=O)(=O)c1cccc(Cl)c1F. The molecule has 21 heavy (non-hydrogen) atoms. The first-order valence-corrected chi connectivity index (χ1v) is 8.20. The Balaban J connectivity index is 1.96. The molecule has 0 unspecified atom stereocenters. The van der Waals surface area contributed by atoms with Crippen LogP contribution in [0.2, 0.25) is 5.02 Å². The molecule has 114 valence electrons. The fourth-order valence-electron chi connectivity index (χ4n) is 1.88. The lowest BCUT2D eigenvalue weighted by Gasteiger charge is -2.08. The third kappa shape index (κ3) is 3.81. The molecular weight excluding hydrogens is 317 g/mol. The molecule has 1 aromatic heterocycles. The van der Waals surface area contributed by atoms with E-state index in [4.69, 9.17) is 11.6 Å². The van der Waals surface area contributed by atoms with Gasteiger partial charge in [-0.05, 0) is 37.5 Å². The standard InChI is InChI=1S/C13H15ClFN3O2S/c1-9-10(8-16-18-9)4-3-7-17-21(19,20)12-6-2-5-11(14)13(12)15/h2,5-6,8,17H,3-4,7H2,1H3,(H,16,18). The molecule has 0 saturated heterocycles. The largest absolute Gasteiger partial charge is 0.283 e. The minimum absolute atomic E-state index is 0.207. The van der Waals surface area contributed by atoms with Gasteiger partial charge in [-0.1, -0.05) is 17.7 Å². The fourth-order valence-corrected chi connectivity index (χ4v) is 3.29. The van der Waals surface area contributed by atoms with Gasteiger partial charge in [0.05, 0.1) is 11.2 Å². The molecule has 0 bridgehead atoms. The highest BCUT2D eigenvalue weighted by Gasteiger charge is 2.20. The van der Waals surface area contributed by atoms with E-state index >= 15 is 0 Å². The molecule has 0 aliphatic heterocycles. The van der Waals surface area contributed by atoms with Crippen LogP contribution >= 0.6 is 11.6 Å². The Kier molecular flexibility index (Phi) is 4.97. The Morgan fingerprint density at radius 2 is 2.19 bits per heavy atom. The number of rotatable bonds is 6. The lowest BCUT2D eigenvalue weighted by molar-refractivity contribution is 0.555. The summed E-state index contributed by atoms with van der Waals surface area (Å²) < 4.78 is 40.1. The van der Waals surface area contributed by atoms with E-state index in [-0.39, 0.29) is 11.6 Å². The van der Waals surface area contributed by atoms with Crippen LogP contribution in [-0.2, 0) is 16.4 Å². The normalized spacial score (nSPS) is 11.8. The summed E-state index contributed by atoms with van der Waals surface area (Å²) in [5, 5.41) is 6.49. The molecule has 0 amide bonds. The van der Waals surface area contributed by atoms with Gasteiger partial charge in [0, 0.05) is 12.2 Å². The highest BCUT2D eigenvalue weighted by Crippen LogP contribution is 2.21. The fraction of sp³-hybridized carbons (Fsp3) is 0.308. The zero-order valence-electron chi connectivity index (χ0n) is 11.4. The van der Waals surface area contributed by atoms with Gasteiger partial charge in [-0.15, -0.1) is 0 Å². The number of aryl methyl sites for hydroxylation is 2. The van der Waals surface area contributed by atoms with Crippen molar-refractivity contribution in [2.24, 2.45) is 0 Å². The first-order chi connectivity index (χ1) is 9.92. The summed E-state index contributed by atoms with van der Waals surface area (Å²) >= 11 is 5.59. The molecule has 1 aromatic carbocycles. The van der Waals surface area contributed by atoms with Crippen LogP contribution < -0.4 is 4.72 Å². The molecule has 0 fully saturated rings. The lowest BCUT2D eigenvalue weighted by Crippen LogP contribution is -2.26. The quantitative estimate of drug-likeness (QED) is 0.798. The minimum atomic E-state index is -3.90. The highest BCUT2D eigenvalue weighted by atomic mass is 35.5. The molecule has 0 aliphatic rings. The molecule has 0 radical (unpaired) electrons. The van der Waals surface area contributed by atoms with Crippen molar-refractivity contribution in [1.29, 1.82) is 0 Å². The van der Waals surface area contributed by atoms with Crippen LogP contribution in [0.1, 0.15) is 17.7 Å². The second-order valence-electron chi connectivity index (χ2n) is 4.57. The smallest absolute Gasteiger partial charge is 0.243 e. The van der Waals surface area contributed by atoms with E-state index in [0.717, 1.165) is 11.3 Å². The topological polar surface area (TPSA) is 74.8 Å². The third-order valence-corrected chi connectivity index (χ3v) is 4.83. The summed E-state index contributed by atoms with van der Waals surface area (Å²) in [5.74, 6) is -0.933. The number of hydrogen-bond donors (Lipinski definition) is 2. The summed E-state index contributed by atoms with van der Waals surface area (Å²) in [5.41, 5.74) is 1.99. The molecule has 5 nitrogen and oxygen atoms in total. The van der Waals surface area contributed by atoms with E-state index in [1.807, 2.05) is 6.92 Å². The molecule has 2 rings (SSSR count). The molecule has 0 aliphatic carbocycles. The average Bonchev–Trinajstić information content (AvgIpc) is 2.83. The maximum absolute atomic E-state index is 13.7. The van der Waals surface area contributed by atoms with Gasteiger partial charge in [0.15, 0.2) is 5.82 Å². The van der Waals surface area contributed by atoms with Gasteiger partial charge in [-0.2, -0.15) is 5.10 Å². The van der Waals surface area contributed by atoms with Crippen molar-refractivity contribution in [3.63, 3.8) is 0 Å². The van der Waals surface area contributed by atoms with Crippen molar-refractivity contribution in [2.75, 3.05) is 6.54 Å². The van der Waals surface area contributed by atoms with Crippen LogP contribution in [0.3, 0.4) is 0 Å². The summed E-state index contributed by atoms with van der Waals surface area (Å²) in [6.45, 7) is 2.10. The van der Waals surface area contributed by atoms with Gasteiger partial charge in [0.1, 0.15) is 4.90 Å². The number of sulfonamides is 1. The van der Waals surface area contributed by atoms with E-state index in [0.29, 0.717) is 12.8 Å². The summed E-state index contributed by atoms with van der Waals surface area (Å²) in [6, 6.07) is 3.89. The van der Waals surface area contributed by atoms with Crippen LogP contribution in [0.5, 0.6) is 0 Å². The molecule has 2 aromatic rings. The minimum Gasteiger partial charge on any atom is -0.283 e. The maximum atomic E-state index is 13.7. The zero-order chi connectivity index (χ0) is 15.5. The Morgan fingerprint density at radius 3 is 2.86 bits per heavy atom. The molecule has 0 atom stereocenters.